The summed E-state index contributed by atoms with van der Waals surface area (Å²) in [6.07, 6.45) is 1.06. The van der Waals surface area contributed by atoms with E-state index >= 15 is 0 Å². The molecule has 0 spiro atoms. The van der Waals surface area contributed by atoms with E-state index in [1.165, 1.54) is 6.07 Å². The topological polar surface area (TPSA) is 92.7 Å². The van der Waals surface area contributed by atoms with E-state index in [9.17, 15) is 18.3 Å². The first-order valence-corrected chi connectivity index (χ1v) is 10.4. The molecule has 27 heavy (non-hydrogen) atoms. The molecule has 0 fully saturated rings. The molecule has 0 saturated carbocycles. The van der Waals surface area contributed by atoms with E-state index in [1.54, 1.807) is 57.2 Å². The molecule has 1 amide bonds. The SMILES string of the molecule is CC(C)(C)OC(=O)NCCc1ccc(-c2ccccc2S(C)(=O)=O)cc1O. The first kappa shape index (κ1) is 20.8. The van der Waals surface area contributed by atoms with Crippen molar-refractivity contribution in [3.63, 3.8) is 0 Å². The average Bonchev–Trinajstić information content (AvgIpc) is 2.54. The highest BCUT2D eigenvalue weighted by Gasteiger charge is 2.17. The van der Waals surface area contributed by atoms with Gasteiger partial charge in [-0.15, -0.1) is 0 Å². The van der Waals surface area contributed by atoms with Gasteiger partial charge in [0.2, 0.25) is 0 Å². The molecular weight excluding hydrogens is 366 g/mol. The highest BCUT2D eigenvalue weighted by atomic mass is 32.2. The molecule has 2 N–H and O–H groups in total. The zero-order valence-electron chi connectivity index (χ0n) is 15.9. The summed E-state index contributed by atoms with van der Waals surface area (Å²) in [7, 11) is -3.39. The zero-order valence-corrected chi connectivity index (χ0v) is 16.8. The largest absolute Gasteiger partial charge is 0.508 e. The van der Waals surface area contributed by atoms with Crippen molar-refractivity contribution in [1.82, 2.24) is 5.32 Å². The van der Waals surface area contributed by atoms with Gasteiger partial charge in [-0.2, -0.15) is 0 Å². The number of nitrogens with one attached hydrogen (secondary N) is 1. The summed E-state index contributed by atoms with van der Waals surface area (Å²) in [5.41, 5.74) is 1.22. The van der Waals surface area contributed by atoms with Gasteiger partial charge in [-0.25, -0.2) is 13.2 Å². The fraction of sp³-hybridized carbons (Fsp3) is 0.350. The van der Waals surface area contributed by atoms with E-state index in [-0.39, 0.29) is 10.6 Å². The van der Waals surface area contributed by atoms with Gasteiger partial charge in [-0.05, 0) is 50.5 Å². The van der Waals surface area contributed by atoms with Crippen LogP contribution >= 0.6 is 0 Å². The lowest BCUT2D eigenvalue weighted by atomic mass is 10.0. The minimum Gasteiger partial charge on any atom is -0.508 e. The smallest absolute Gasteiger partial charge is 0.407 e. The first-order valence-electron chi connectivity index (χ1n) is 8.55. The monoisotopic (exact) mass is 391 g/mol. The lowest BCUT2D eigenvalue weighted by Crippen LogP contribution is -2.33. The van der Waals surface area contributed by atoms with Crippen LogP contribution in [0.3, 0.4) is 0 Å². The molecule has 0 bridgehead atoms. The number of alkyl carbamates (subject to hydrolysis) is 1. The number of hydrogen-bond donors (Lipinski definition) is 2. The van der Waals surface area contributed by atoms with Crippen molar-refractivity contribution in [2.75, 3.05) is 12.8 Å². The van der Waals surface area contributed by atoms with Gasteiger partial charge in [-0.1, -0.05) is 30.3 Å². The van der Waals surface area contributed by atoms with Crippen LogP contribution in [0.5, 0.6) is 5.75 Å². The molecule has 0 atom stereocenters. The molecule has 2 aromatic rings. The summed E-state index contributed by atoms with van der Waals surface area (Å²) in [5.74, 6) is 0.0433. The van der Waals surface area contributed by atoms with Crippen LogP contribution in [0, 0.1) is 0 Å². The Morgan fingerprint density at radius 3 is 2.41 bits per heavy atom. The maximum absolute atomic E-state index is 12.0. The van der Waals surface area contributed by atoms with Crippen molar-refractivity contribution in [2.24, 2.45) is 0 Å². The number of amides is 1. The van der Waals surface area contributed by atoms with E-state index in [1.807, 2.05) is 0 Å². The third kappa shape index (κ3) is 5.99. The second-order valence-electron chi connectivity index (χ2n) is 7.29. The van der Waals surface area contributed by atoms with Gasteiger partial charge in [-0.3, -0.25) is 0 Å². The second kappa shape index (κ2) is 8.00. The first-order chi connectivity index (χ1) is 12.5. The van der Waals surface area contributed by atoms with Crippen molar-refractivity contribution < 1.29 is 23.1 Å². The van der Waals surface area contributed by atoms with Crippen molar-refractivity contribution in [2.45, 2.75) is 37.7 Å². The van der Waals surface area contributed by atoms with E-state index in [0.717, 1.165) is 6.26 Å². The molecule has 0 heterocycles. The Labute approximate surface area is 160 Å². The Morgan fingerprint density at radius 1 is 1.15 bits per heavy atom. The molecule has 6 nitrogen and oxygen atoms in total. The van der Waals surface area contributed by atoms with E-state index in [0.29, 0.717) is 29.7 Å². The number of aromatic hydroxyl groups is 1. The molecule has 0 aliphatic heterocycles. The maximum Gasteiger partial charge on any atom is 0.407 e. The summed E-state index contributed by atoms with van der Waals surface area (Å²) in [5, 5.41) is 12.9. The lowest BCUT2D eigenvalue weighted by Gasteiger charge is -2.19. The minimum absolute atomic E-state index is 0.0433. The Bertz CT molecular complexity index is 930. The van der Waals surface area contributed by atoms with Crippen LogP contribution in [0.4, 0.5) is 4.79 Å². The fourth-order valence-electron chi connectivity index (χ4n) is 2.58. The van der Waals surface area contributed by atoms with Crippen LogP contribution < -0.4 is 5.32 Å². The number of carbonyl (C=O) groups is 1. The van der Waals surface area contributed by atoms with E-state index in [2.05, 4.69) is 5.32 Å². The fourth-order valence-corrected chi connectivity index (χ4v) is 3.50. The zero-order chi connectivity index (χ0) is 20.2. The predicted octanol–water partition coefficient (Wildman–Crippen LogP) is 3.53. The quantitative estimate of drug-likeness (QED) is 0.813. The van der Waals surface area contributed by atoms with Crippen molar-refractivity contribution >= 4 is 15.9 Å². The lowest BCUT2D eigenvalue weighted by molar-refractivity contribution is 0.0528. The van der Waals surface area contributed by atoms with Gasteiger partial charge in [0.05, 0.1) is 4.90 Å². The van der Waals surface area contributed by atoms with Crippen molar-refractivity contribution in [3.05, 3.63) is 48.0 Å². The van der Waals surface area contributed by atoms with Crippen LogP contribution in [-0.2, 0) is 21.0 Å². The van der Waals surface area contributed by atoms with Crippen LogP contribution in [-0.4, -0.2) is 38.0 Å². The standard InChI is InChI=1S/C20H25NO5S/c1-20(2,3)26-19(23)21-12-11-14-9-10-15(13-17(14)22)16-7-5-6-8-18(16)27(4,24)25/h5-10,13,22H,11-12H2,1-4H3,(H,21,23). The number of hydrogen-bond acceptors (Lipinski definition) is 5. The molecule has 2 aromatic carbocycles. The number of phenols is 1. The Morgan fingerprint density at radius 2 is 1.81 bits per heavy atom. The van der Waals surface area contributed by atoms with E-state index < -0.39 is 21.5 Å². The minimum atomic E-state index is -3.39. The molecule has 0 radical (unpaired) electrons. The Kier molecular flexibility index (Phi) is 6.15. The highest BCUT2D eigenvalue weighted by molar-refractivity contribution is 7.90. The number of phenolic OH excluding ortho intramolecular Hbond substituents is 1. The summed E-state index contributed by atoms with van der Waals surface area (Å²) >= 11 is 0. The van der Waals surface area contributed by atoms with Crippen LogP contribution in [0.1, 0.15) is 26.3 Å². The Balaban J connectivity index is 2.12. The summed E-state index contributed by atoms with van der Waals surface area (Å²) in [6, 6.07) is 11.7. The third-order valence-corrected chi connectivity index (χ3v) is 4.90. The molecule has 7 heteroatoms. The van der Waals surface area contributed by atoms with Crippen molar-refractivity contribution in [1.29, 1.82) is 0 Å². The second-order valence-corrected chi connectivity index (χ2v) is 9.27. The van der Waals surface area contributed by atoms with Crippen molar-refractivity contribution in [3.8, 4) is 16.9 Å². The van der Waals surface area contributed by atoms with E-state index in [4.69, 9.17) is 4.74 Å². The summed E-state index contributed by atoms with van der Waals surface area (Å²) < 4.78 is 29.1. The maximum atomic E-state index is 12.0. The molecular formula is C20H25NO5S. The molecule has 2 rings (SSSR count). The van der Waals surface area contributed by atoms with Gasteiger partial charge in [0, 0.05) is 18.4 Å². The van der Waals surface area contributed by atoms with Gasteiger partial charge in [0.25, 0.3) is 0 Å². The molecule has 146 valence electrons. The highest BCUT2D eigenvalue weighted by Crippen LogP contribution is 2.31. The van der Waals surface area contributed by atoms with Gasteiger partial charge < -0.3 is 15.2 Å². The molecule has 0 aliphatic rings. The average molecular weight is 391 g/mol. The third-order valence-electron chi connectivity index (χ3n) is 3.75. The van der Waals surface area contributed by atoms with Gasteiger partial charge in [0.15, 0.2) is 9.84 Å². The Hall–Kier alpha value is -2.54. The summed E-state index contributed by atoms with van der Waals surface area (Å²) in [6.45, 7) is 5.66. The summed E-state index contributed by atoms with van der Waals surface area (Å²) in [4.78, 5) is 11.9. The van der Waals surface area contributed by atoms with Crippen LogP contribution in [0.2, 0.25) is 0 Å². The normalized spacial score (nSPS) is 11.9. The molecule has 0 saturated heterocycles. The van der Waals surface area contributed by atoms with Crippen LogP contribution in [0.15, 0.2) is 47.4 Å². The van der Waals surface area contributed by atoms with Gasteiger partial charge >= 0.3 is 6.09 Å². The number of rotatable bonds is 5. The number of ether oxygens (including phenoxy) is 1. The van der Waals surface area contributed by atoms with Crippen LogP contribution in [0.25, 0.3) is 11.1 Å². The predicted molar refractivity (Wildman–Crippen MR) is 105 cm³/mol. The molecule has 0 unspecified atom stereocenters. The number of carbonyl (C=O) groups excluding carboxylic acids is 1. The number of benzene rings is 2. The molecule has 0 aliphatic carbocycles. The molecule has 0 aromatic heterocycles. The van der Waals surface area contributed by atoms with Gasteiger partial charge in [0.1, 0.15) is 11.4 Å². The number of sulfone groups is 1.